The number of halogens is 1. The molecule has 1 aromatic rings. The summed E-state index contributed by atoms with van der Waals surface area (Å²) in [7, 11) is 3.63. The Morgan fingerprint density at radius 3 is 2.75 bits per heavy atom. The molecule has 5 heteroatoms. The van der Waals surface area contributed by atoms with Gasteiger partial charge < -0.3 is 10.1 Å². The van der Waals surface area contributed by atoms with Gasteiger partial charge in [0.15, 0.2) is 0 Å². The number of hydrogen-bond acceptors (Lipinski definition) is 3. The van der Waals surface area contributed by atoms with E-state index in [1.54, 1.807) is 13.3 Å². The molecule has 1 atom stereocenters. The van der Waals surface area contributed by atoms with E-state index in [0.717, 1.165) is 12.1 Å². The molecular formula is C11H20ClN3O. The Hall–Kier alpha value is -0.580. The Morgan fingerprint density at radius 2 is 2.25 bits per heavy atom. The maximum absolute atomic E-state index is 6.18. The highest BCUT2D eigenvalue weighted by atomic mass is 35.5. The quantitative estimate of drug-likeness (QED) is 0.837. The lowest BCUT2D eigenvalue weighted by atomic mass is 10.1. The molecule has 0 saturated heterocycles. The Bertz CT molecular complexity index is 325. The number of aromatic nitrogens is 2. The van der Waals surface area contributed by atoms with Crippen molar-refractivity contribution < 1.29 is 4.74 Å². The van der Waals surface area contributed by atoms with Crippen LogP contribution < -0.4 is 5.32 Å². The second kappa shape index (κ2) is 6.23. The van der Waals surface area contributed by atoms with Crippen molar-refractivity contribution >= 4 is 11.6 Å². The van der Waals surface area contributed by atoms with Crippen molar-refractivity contribution in [1.29, 1.82) is 0 Å². The zero-order valence-electron chi connectivity index (χ0n) is 10.3. The van der Waals surface area contributed by atoms with Gasteiger partial charge in [0.25, 0.3) is 0 Å². The fourth-order valence-corrected chi connectivity index (χ4v) is 2.00. The molecule has 1 aromatic heterocycles. The average Bonchev–Trinajstić information content (AvgIpc) is 2.62. The third-order valence-electron chi connectivity index (χ3n) is 2.57. The van der Waals surface area contributed by atoms with Gasteiger partial charge in [-0.05, 0) is 27.3 Å². The minimum absolute atomic E-state index is 0.178. The summed E-state index contributed by atoms with van der Waals surface area (Å²) >= 11 is 6.18. The summed E-state index contributed by atoms with van der Waals surface area (Å²) < 4.78 is 7.06. The van der Waals surface area contributed by atoms with Gasteiger partial charge >= 0.3 is 0 Å². The van der Waals surface area contributed by atoms with Crippen molar-refractivity contribution in [3.8, 4) is 0 Å². The number of ether oxygens (including phenoxy) is 1. The molecule has 16 heavy (non-hydrogen) atoms. The smallest absolute Gasteiger partial charge is 0.0834 e. The topological polar surface area (TPSA) is 39.1 Å². The van der Waals surface area contributed by atoms with E-state index in [9.17, 15) is 0 Å². The second-order valence-corrected chi connectivity index (χ2v) is 4.45. The maximum atomic E-state index is 6.18. The van der Waals surface area contributed by atoms with Gasteiger partial charge in [-0.15, -0.1) is 0 Å². The first-order valence-electron chi connectivity index (χ1n) is 5.50. The van der Waals surface area contributed by atoms with Gasteiger partial charge in [-0.1, -0.05) is 11.6 Å². The fraction of sp³-hybridized carbons (Fsp3) is 0.727. The lowest BCUT2D eigenvalue weighted by Crippen LogP contribution is -2.23. The Kier molecular flexibility index (Phi) is 5.25. The molecule has 4 nitrogen and oxygen atoms in total. The minimum atomic E-state index is 0.178. The van der Waals surface area contributed by atoms with Crippen LogP contribution in [0.15, 0.2) is 6.20 Å². The molecule has 92 valence electrons. The molecular weight excluding hydrogens is 226 g/mol. The zero-order chi connectivity index (χ0) is 12.1. The number of nitrogens with one attached hydrogen (secondary N) is 1. The summed E-state index contributed by atoms with van der Waals surface area (Å²) in [5.74, 6) is 0. The third-order valence-corrected chi connectivity index (χ3v) is 2.86. The van der Waals surface area contributed by atoms with E-state index in [1.165, 1.54) is 0 Å². The highest BCUT2D eigenvalue weighted by Gasteiger charge is 2.19. The highest BCUT2D eigenvalue weighted by molar-refractivity contribution is 6.31. The minimum Gasteiger partial charge on any atom is -0.385 e. The number of rotatable bonds is 6. The highest BCUT2D eigenvalue weighted by Crippen LogP contribution is 2.27. The van der Waals surface area contributed by atoms with E-state index in [4.69, 9.17) is 16.3 Å². The molecule has 0 fully saturated rings. The normalized spacial score (nSPS) is 13.4. The molecule has 0 aliphatic carbocycles. The van der Waals surface area contributed by atoms with Gasteiger partial charge in [-0.2, -0.15) is 5.10 Å². The van der Waals surface area contributed by atoms with Gasteiger partial charge in [-0.25, -0.2) is 0 Å². The summed E-state index contributed by atoms with van der Waals surface area (Å²) in [6.45, 7) is 4.89. The second-order valence-electron chi connectivity index (χ2n) is 4.04. The van der Waals surface area contributed by atoms with Crippen LogP contribution >= 0.6 is 11.6 Å². The molecule has 0 aliphatic rings. The molecule has 0 saturated carbocycles. The molecule has 0 radical (unpaired) electrons. The molecule has 0 aliphatic heterocycles. The number of nitrogens with zero attached hydrogens (tertiary/aromatic N) is 2. The first kappa shape index (κ1) is 13.5. The van der Waals surface area contributed by atoms with Gasteiger partial charge in [0, 0.05) is 19.8 Å². The molecule has 1 rings (SSSR count). The number of hydrogen-bond donors (Lipinski definition) is 1. The van der Waals surface area contributed by atoms with E-state index in [1.807, 2.05) is 11.7 Å². The van der Waals surface area contributed by atoms with Crippen LogP contribution in [0.1, 0.15) is 38.0 Å². The van der Waals surface area contributed by atoms with Crippen LogP contribution in [0, 0.1) is 0 Å². The van der Waals surface area contributed by atoms with Crippen LogP contribution in [0.5, 0.6) is 0 Å². The molecule has 0 aromatic carbocycles. The van der Waals surface area contributed by atoms with Crippen molar-refractivity contribution in [3.63, 3.8) is 0 Å². The predicted octanol–water partition coefficient (Wildman–Crippen LogP) is 2.41. The summed E-state index contributed by atoms with van der Waals surface area (Å²) in [6.07, 6.45) is 2.58. The summed E-state index contributed by atoms with van der Waals surface area (Å²) in [5, 5.41) is 8.26. The van der Waals surface area contributed by atoms with Gasteiger partial charge in [-0.3, -0.25) is 4.68 Å². The average molecular weight is 246 g/mol. The van der Waals surface area contributed by atoms with Crippen LogP contribution in [-0.4, -0.2) is 30.5 Å². The van der Waals surface area contributed by atoms with E-state index in [0.29, 0.717) is 17.7 Å². The van der Waals surface area contributed by atoms with Crippen molar-refractivity contribution in [2.45, 2.75) is 32.4 Å². The maximum Gasteiger partial charge on any atom is 0.0834 e. The Labute approximate surface area is 102 Å². The third kappa shape index (κ3) is 2.97. The molecule has 0 amide bonds. The van der Waals surface area contributed by atoms with Gasteiger partial charge in [0.1, 0.15) is 0 Å². The van der Waals surface area contributed by atoms with Gasteiger partial charge in [0.05, 0.1) is 23.0 Å². The van der Waals surface area contributed by atoms with Crippen molar-refractivity contribution in [2.24, 2.45) is 0 Å². The number of methoxy groups -OCH3 is 1. The lowest BCUT2D eigenvalue weighted by Gasteiger charge is -2.20. The molecule has 1 unspecified atom stereocenters. The summed E-state index contributed by atoms with van der Waals surface area (Å²) in [5.41, 5.74) is 1.04. The van der Waals surface area contributed by atoms with Crippen LogP contribution in [0.3, 0.4) is 0 Å². The Morgan fingerprint density at radius 1 is 1.56 bits per heavy atom. The van der Waals surface area contributed by atoms with Crippen LogP contribution in [0.2, 0.25) is 5.02 Å². The zero-order valence-corrected chi connectivity index (χ0v) is 11.1. The van der Waals surface area contributed by atoms with E-state index < -0.39 is 0 Å². The standard InChI is InChI=1S/C11H20ClN3O/c1-8(2)15-11(9(12)7-14-15)10(13-3)5-6-16-4/h7-8,10,13H,5-6H2,1-4H3. The predicted molar refractivity (Wildman–Crippen MR) is 65.9 cm³/mol. The molecule has 0 spiro atoms. The van der Waals surface area contributed by atoms with Gasteiger partial charge in [0.2, 0.25) is 0 Å². The van der Waals surface area contributed by atoms with Crippen molar-refractivity contribution in [1.82, 2.24) is 15.1 Å². The molecule has 1 heterocycles. The summed E-state index contributed by atoms with van der Waals surface area (Å²) in [4.78, 5) is 0. The largest absolute Gasteiger partial charge is 0.385 e. The Balaban J connectivity index is 2.93. The first-order valence-corrected chi connectivity index (χ1v) is 5.88. The SMILES string of the molecule is CNC(CCOC)c1c(Cl)cnn1C(C)C. The van der Waals surface area contributed by atoms with E-state index in [2.05, 4.69) is 24.3 Å². The van der Waals surface area contributed by atoms with Crippen molar-refractivity contribution in [3.05, 3.63) is 16.9 Å². The van der Waals surface area contributed by atoms with Crippen LogP contribution in [-0.2, 0) is 4.74 Å². The van der Waals surface area contributed by atoms with Crippen molar-refractivity contribution in [2.75, 3.05) is 20.8 Å². The van der Waals surface area contributed by atoms with E-state index in [-0.39, 0.29) is 6.04 Å². The summed E-state index contributed by atoms with van der Waals surface area (Å²) in [6, 6.07) is 0.484. The van der Waals surface area contributed by atoms with Crippen LogP contribution in [0.25, 0.3) is 0 Å². The van der Waals surface area contributed by atoms with E-state index >= 15 is 0 Å². The molecule has 1 N–H and O–H groups in total. The monoisotopic (exact) mass is 245 g/mol. The first-order chi connectivity index (χ1) is 7.61. The van der Waals surface area contributed by atoms with Crippen LogP contribution in [0.4, 0.5) is 0 Å². The fourth-order valence-electron chi connectivity index (χ4n) is 1.74. The lowest BCUT2D eigenvalue weighted by molar-refractivity contribution is 0.182. The molecule has 0 bridgehead atoms.